The van der Waals surface area contributed by atoms with Crippen molar-refractivity contribution >= 4 is 40.3 Å². The highest BCUT2D eigenvalue weighted by molar-refractivity contribution is 7.14. The number of aryl methyl sites for hydroxylation is 1. The molecule has 2 aromatic carbocycles. The average molecular weight is 479 g/mol. The van der Waals surface area contributed by atoms with Crippen LogP contribution < -0.4 is 14.3 Å². The lowest BCUT2D eigenvalue weighted by Gasteiger charge is -2.05. The number of hydrogen-bond acceptors (Lipinski definition) is 8. The highest BCUT2D eigenvalue weighted by Gasteiger charge is 2.22. The molecule has 166 valence electrons. The van der Waals surface area contributed by atoms with Crippen LogP contribution in [0, 0.1) is 24.0 Å². The molecule has 0 atom stereocenters. The third-order valence-corrected chi connectivity index (χ3v) is 6.99. The number of thiophene rings is 1. The molecule has 1 aliphatic rings. The lowest BCUT2D eigenvalue weighted by molar-refractivity contribution is -0.385. The van der Waals surface area contributed by atoms with Gasteiger partial charge < -0.3 is 9.47 Å². The zero-order valence-electron chi connectivity index (χ0n) is 17.7. The predicted molar refractivity (Wildman–Crippen MR) is 129 cm³/mol. The van der Waals surface area contributed by atoms with E-state index in [1.807, 2.05) is 54.9 Å². The zero-order chi connectivity index (χ0) is 22.9. The SMILES string of the molecule is Cc1cccc(N=c2scc(-c3cccs3)n2N=Cc2cc3c(cc2[N+](=O)[O-])OCO3)c1C. The Labute approximate surface area is 196 Å². The Hall–Kier alpha value is -3.76. The molecule has 0 N–H and O–H groups in total. The van der Waals surface area contributed by atoms with E-state index in [4.69, 9.17) is 14.5 Å². The predicted octanol–water partition coefficient (Wildman–Crippen LogP) is 5.65. The van der Waals surface area contributed by atoms with E-state index in [2.05, 4.69) is 5.10 Å². The first kappa shape index (κ1) is 21.1. The Morgan fingerprint density at radius 1 is 1.12 bits per heavy atom. The molecule has 0 unspecified atom stereocenters. The van der Waals surface area contributed by atoms with Crippen molar-refractivity contribution < 1.29 is 14.4 Å². The number of nitro benzene ring substituents is 1. The molecular formula is C23H18N4O4S2. The number of rotatable bonds is 5. The minimum atomic E-state index is -0.455. The fraction of sp³-hybridized carbons (Fsp3) is 0.130. The topological polar surface area (TPSA) is 91.2 Å². The van der Waals surface area contributed by atoms with E-state index in [1.54, 1.807) is 22.1 Å². The van der Waals surface area contributed by atoms with Crippen molar-refractivity contribution in [2.24, 2.45) is 10.1 Å². The summed E-state index contributed by atoms with van der Waals surface area (Å²) in [6.07, 6.45) is 1.46. The highest BCUT2D eigenvalue weighted by Crippen LogP contribution is 2.37. The first-order valence-corrected chi connectivity index (χ1v) is 11.7. The van der Waals surface area contributed by atoms with Crippen LogP contribution >= 0.6 is 22.7 Å². The molecule has 0 saturated heterocycles. The van der Waals surface area contributed by atoms with Crippen LogP contribution in [0.5, 0.6) is 11.5 Å². The van der Waals surface area contributed by atoms with Gasteiger partial charge in [0.05, 0.1) is 39.0 Å². The molecule has 0 saturated carbocycles. The summed E-state index contributed by atoms with van der Waals surface area (Å²) in [7, 11) is 0. The van der Waals surface area contributed by atoms with E-state index in [1.165, 1.54) is 23.6 Å². The smallest absolute Gasteiger partial charge is 0.282 e. The average Bonchev–Trinajstić information content (AvgIpc) is 3.55. The van der Waals surface area contributed by atoms with Crippen molar-refractivity contribution in [1.82, 2.24) is 4.68 Å². The Balaban J connectivity index is 1.66. The Morgan fingerprint density at radius 2 is 1.94 bits per heavy atom. The molecule has 4 aromatic rings. The molecule has 2 aromatic heterocycles. The molecule has 10 heteroatoms. The van der Waals surface area contributed by atoms with Gasteiger partial charge in [0, 0.05) is 5.38 Å². The van der Waals surface area contributed by atoms with Crippen molar-refractivity contribution in [2.45, 2.75) is 13.8 Å². The summed E-state index contributed by atoms with van der Waals surface area (Å²) in [5.74, 6) is 0.808. The molecule has 0 amide bonds. The van der Waals surface area contributed by atoms with Crippen molar-refractivity contribution in [3.8, 4) is 22.1 Å². The zero-order valence-corrected chi connectivity index (χ0v) is 19.4. The lowest BCUT2D eigenvalue weighted by Crippen LogP contribution is -2.11. The van der Waals surface area contributed by atoms with Gasteiger partial charge in [-0.1, -0.05) is 18.2 Å². The van der Waals surface area contributed by atoms with Crippen LogP contribution in [-0.4, -0.2) is 22.6 Å². The number of nitro groups is 1. The maximum atomic E-state index is 11.6. The number of fused-ring (bicyclic) bond motifs is 1. The third-order valence-electron chi connectivity index (χ3n) is 5.28. The summed E-state index contributed by atoms with van der Waals surface area (Å²) >= 11 is 3.05. The maximum absolute atomic E-state index is 11.6. The summed E-state index contributed by atoms with van der Waals surface area (Å²) in [5, 5.41) is 20.2. The second kappa shape index (κ2) is 8.64. The van der Waals surface area contributed by atoms with E-state index in [0.29, 0.717) is 21.9 Å². The van der Waals surface area contributed by atoms with E-state index >= 15 is 0 Å². The van der Waals surface area contributed by atoms with E-state index in [9.17, 15) is 10.1 Å². The summed E-state index contributed by atoms with van der Waals surface area (Å²) < 4.78 is 12.4. The number of thiazole rings is 1. The van der Waals surface area contributed by atoms with Gasteiger partial charge in [-0.15, -0.1) is 22.7 Å². The van der Waals surface area contributed by atoms with Gasteiger partial charge in [-0.25, -0.2) is 9.67 Å². The van der Waals surface area contributed by atoms with Crippen LogP contribution in [0.25, 0.3) is 10.6 Å². The van der Waals surface area contributed by atoms with Gasteiger partial charge in [0.2, 0.25) is 11.6 Å². The van der Waals surface area contributed by atoms with Gasteiger partial charge in [0.15, 0.2) is 11.5 Å². The summed E-state index contributed by atoms with van der Waals surface area (Å²) in [4.78, 5) is 17.7. The Morgan fingerprint density at radius 3 is 2.70 bits per heavy atom. The van der Waals surface area contributed by atoms with Gasteiger partial charge in [-0.3, -0.25) is 10.1 Å². The van der Waals surface area contributed by atoms with Crippen LogP contribution in [0.4, 0.5) is 11.4 Å². The van der Waals surface area contributed by atoms with E-state index in [-0.39, 0.29) is 12.5 Å². The van der Waals surface area contributed by atoms with Gasteiger partial charge >= 0.3 is 0 Å². The molecule has 0 aliphatic carbocycles. The van der Waals surface area contributed by atoms with Crippen LogP contribution in [0.3, 0.4) is 0 Å². The molecule has 0 spiro atoms. The maximum Gasteiger partial charge on any atom is 0.282 e. The number of aromatic nitrogens is 1. The third kappa shape index (κ3) is 4.06. The largest absolute Gasteiger partial charge is 0.454 e. The van der Waals surface area contributed by atoms with Gasteiger partial charge in [0.1, 0.15) is 0 Å². The van der Waals surface area contributed by atoms with Gasteiger partial charge in [-0.2, -0.15) is 5.10 Å². The lowest BCUT2D eigenvalue weighted by atomic mass is 10.1. The highest BCUT2D eigenvalue weighted by atomic mass is 32.1. The molecular weight excluding hydrogens is 460 g/mol. The van der Waals surface area contributed by atoms with E-state index in [0.717, 1.165) is 27.4 Å². The van der Waals surface area contributed by atoms with Crippen LogP contribution in [0.2, 0.25) is 0 Å². The number of benzene rings is 2. The second-order valence-corrected chi connectivity index (χ2v) is 9.07. The molecule has 0 fully saturated rings. The first-order chi connectivity index (χ1) is 16.0. The Bertz CT molecular complexity index is 1450. The van der Waals surface area contributed by atoms with Crippen LogP contribution in [0.15, 0.2) is 63.3 Å². The van der Waals surface area contributed by atoms with Crippen molar-refractivity contribution in [2.75, 3.05) is 6.79 Å². The number of nitrogens with zero attached hydrogens (tertiary/aromatic N) is 4. The molecule has 5 rings (SSSR count). The quantitative estimate of drug-likeness (QED) is 0.211. The molecule has 0 bridgehead atoms. The molecule has 8 nitrogen and oxygen atoms in total. The van der Waals surface area contributed by atoms with Crippen molar-refractivity contribution in [3.05, 3.63) is 84.8 Å². The normalized spacial score (nSPS) is 13.2. The van der Waals surface area contributed by atoms with Gasteiger partial charge in [0.25, 0.3) is 5.69 Å². The van der Waals surface area contributed by atoms with Crippen molar-refractivity contribution in [1.29, 1.82) is 0 Å². The Kier molecular flexibility index (Phi) is 5.53. The monoisotopic (exact) mass is 478 g/mol. The fourth-order valence-electron chi connectivity index (χ4n) is 3.37. The number of hydrogen-bond donors (Lipinski definition) is 0. The first-order valence-electron chi connectivity index (χ1n) is 9.99. The molecule has 33 heavy (non-hydrogen) atoms. The molecule has 0 radical (unpaired) electrons. The standard InChI is InChI=1S/C23H18N4O4S2/c1-14-5-3-6-17(15(14)2)25-23-26(19(12-33-23)22-7-4-8-32-22)24-11-16-9-20-21(31-13-30-20)10-18(16)27(28)29/h3-12H,13H2,1-2H3. The van der Waals surface area contributed by atoms with Crippen LogP contribution in [-0.2, 0) is 0 Å². The minimum Gasteiger partial charge on any atom is -0.454 e. The second-order valence-electron chi connectivity index (χ2n) is 7.29. The minimum absolute atomic E-state index is 0.0355. The van der Waals surface area contributed by atoms with Crippen LogP contribution in [0.1, 0.15) is 16.7 Å². The van der Waals surface area contributed by atoms with Crippen molar-refractivity contribution in [3.63, 3.8) is 0 Å². The molecule has 3 heterocycles. The fourth-order valence-corrected chi connectivity index (χ4v) is 5.01. The number of ether oxygens (including phenoxy) is 2. The summed E-state index contributed by atoms with van der Waals surface area (Å²) in [6, 6.07) is 12.9. The molecule has 1 aliphatic heterocycles. The van der Waals surface area contributed by atoms with Gasteiger partial charge in [-0.05, 0) is 48.6 Å². The summed E-state index contributed by atoms with van der Waals surface area (Å²) in [6.45, 7) is 4.12. The summed E-state index contributed by atoms with van der Waals surface area (Å²) in [5.41, 5.74) is 4.16. The van der Waals surface area contributed by atoms with E-state index < -0.39 is 4.92 Å².